The van der Waals surface area contributed by atoms with Crippen LogP contribution in [0.25, 0.3) is 0 Å². The molecule has 0 aromatic carbocycles. The topological polar surface area (TPSA) is 21.3 Å². The summed E-state index contributed by atoms with van der Waals surface area (Å²) in [6.45, 7) is 2.06. The zero-order valence-corrected chi connectivity index (χ0v) is 9.30. The zero-order chi connectivity index (χ0) is 10.1. The third-order valence-corrected chi connectivity index (χ3v) is 2.69. The monoisotopic (exact) mass is 197 g/mol. The van der Waals surface area contributed by atoms with E-state index in [1.165, 1.54) is 38.5 Å². The average Bonchev–Trinajstić information content (AvgIpc) is 2.25. The van der Waals surface area contributed by atoms with E-state index in [0.29, 0.717) is 6.04 Å². The van der Waals surface area contributed by atoms with Gasteiger partial charge in [-0.3, -0.25) is 0 Å². The van der Waals surface area contributed by atoms with Gasteiger partial charge in [0, 0.05) is 19.8 Å². The van der Waals surface area contributed by atoms with Gasteiger partial charge < -0.3 is 10.1 Å². The van der Waals surface area contributed by atoms with Crippen LogP contribution in [-0.2, 0) is 4.74 Å². The molecule has 1 rings (SSSR count). The maximum absolute atomic E-state index is 5.01. The fourth-order valence-electron chi connectivity index (χ4n) is 1.82. The first-order valence-corrected chi connectivity index (χ1v) is 5.82. The molecule has 82 valence electrons. The van der Waals surface area contributed by atoms with Crippen LogP contribution in [0.2, 0.25) is 0 Å². The third-order valence-electron chi connectivity index (χ3n) is 2.69. The molecule has 1 atom stereocenters. The van der Waals surface area contributed by atoms with Crippen LogP contribution in [0.4, 0.5) is 0 Å². The quantitative estimate of drug-likeness (QED) is 0.500. The number of unbranched alkanes of at least 4 members (excludes halogenated alkanes) is 2. The predicted octanol–water partition coefficient (Wildman–Crippen LogP) is 2.50. The number of hydrogen-bond acceptors (Lipinski definition) is 2. The summed E-state index contributed by atoms with van der Waals surface area (Å²) in [6.07, 6.45) is 12.3. The zero-order valence-electron chi connectivity index (χ0n) is 9.30. The Morgan fingerprint density at radius 1 is 1.36 bits per heavy atom. The van der Waals surface area contributed by atoms with E-state index in [2.05, 4.69) is 17.5 Å². The molecule has 0 saturated heterocycles. The Hall–Kier alpha value is -0.340. The summed E-state index contributed by atoms with van der Waals surface area (Å²) < 4.78 is 5.01. The van der Waals surface area contributed by atoms with Crippen molar-refractivity contribution in [3.8, 4) is 0 Å². The molecule has 0 saturated carbocycles. The minimum absolute atomic E-state index is 0.645. The summed E-state index contributed by atoms with van der Waals surface area (Å²) in [4.78, 5) is 0. The molecule has 0 amide bonds. The molecule has 2 heteroatoms. The second-order valence-corrected chi connectivity index (χ2v) is 3.97. The van der Waals surface area contributed by atoms with E-state index < -0.39 is 0 Å². The van der Waals surface area contributed by atoms with Crippen LogP contribution in [0.5, 0.6) is 0 Å². The van der Waals surface area contributed by atoms with E-state index in [9.17, 15) is 0 Å². The Kier molecular flexibility index (Phi) is 6.71. The van der Waals surface area contributed by atoms with Crippen LogP contribution >= 0.6 is 0 Å². The molecule has 1 N–H and O–H groups in total. The van der Waals surface area contributed by atoms with Crippen LogP contribution < -0.4 is 5.32 Å². The Morgan fingerprint density at radius 2 is 2.29 bits per heavy atom. The molecule has 0 aromatic rings. The number of rotatable bonds is 7. The van der Waals surface area contributed by atoms with Crippen LogP contribution in [-0.4, -0.2) is 26.3 Å². The molecular weight excluding hydrogens is 174 g/mol. The molecular formula is C12H23NO. The minimum atomic E-state index is 0.645. The summed E-state index contributed by atoms with van der Waals surface area (Å²) in [5, 5.41) is 3.57. The van der Waals surface area contributed by atoms with E-state index in [1.807, 2.05) is 0 Å². The van der Waals surface area contributed by atoms with Crippen molar-refractivity contribution in [3.63, 3.8) is 0 Å². The number of allylic oxidation sites excluding steroid dienone is 1. The van der Waals surface area contributed by atoms with Crippen LogP contribution in [0.3, 0.4) is 0 Å². The molecule has 1 aliphatic rings. The SMILES string of the molecule is COCCCCCNC1C=CCCC1. The van der Waals surface area contributed by atoms with Crippen molar-refractivity contribution >= 4 is 0 Å². The lowest BCUT2D eigenvalue weighted by atomic mass is 10.0. The molecule has 1 unspecified atom stereocenters. The normalized spacial score (nSPS) is 21.4. The fourth-order valence-corrected chi connectivity index (χ4v) is 1.82. The van der Waals surface area contributed by atoms with Crippen LogP contribution in [0.1, 0.15) is 38.5 Å². The number of hydrogen-bond donors (Lipinski definition) is 1. The van der Waals surface area contributed by atoms with Gasteiger partial charge in [-0.1, -0.05) is 12.2 Å². The van der Waals surface area contributed by atoms with Gasteiger partial charge in [0.1, 0.15) is 0 Å². The number of ether oxygens (including phenoxy) is 1. The molecule has 1 aliphatic carbocycles. The first kappa shape index (κ1) is 11.7. The fraction of sp³-hybridized carbons (Fsp3) is 0.833. The lowest BCUT2D eigenvalue weighted by Gasteiger charge is -2.17. The van der Waals surface area contributed by atoms with Crippen molar-refractivity contribution in [2.24, 2.45) is 0 Å². The maximum atomic E-state index is 5.01. The van der Waals surface area contributed by atoms with Crippen molar-refractivity contribution in [2.45, 2.75) is 44.6 Å². The van der Waals surface area contributed by atoms with Gasteiger partial charge in [0.15, 0.2) is 0 Å². The Labute approximate surface area is 87.7 Å². The van der Waals surface area contributed by atoms with Gasteiger partial charge in [0.2, 0.25) is 0 Å². The molecule has 0 bridgehead atoms. The standard InChI is InChI=1S/C12H23NO/c1-14-11-7-3-6-10-13-12-8-4-2-5-9-12/h4,8,12-13H,2-3,5-7,9-11H2,1H3. The van der Waals surface area contributed by atoms with Crippen molar-refractivity contribution in [3.05, 3.63) is 12.2 Å². The highest BCUT2D eigenvalue weighted by atomic mass is 16.5. The van der Waals surface area contributed by atoms with E-state index in [1.54, 1.807) is 7.11 Å². The first-order valence-electron chi connectivity index (χ1n) is 5.82. The highest BCUT2D eigenvalue weighted by Crippen LogP contribution is 2.09. The minimum Gasteiger partial charge on any atom is -0.385 e. The maximum Gasteiger partial charge on any atom is 0.0462 e. The molecule has 0 aromatic heterocycles. The summed E-state index contributed by atoms with van der Waals surface area (Å²) in [6, 6.07) is 0.645. The van der Waals surface area contributed by atoms with Gasteiger partial charge in [-0.2, -0.15) is 0 Å². The van der Waals surface area contributed by atoms with Gasteiger partial charge in [0.25, 0.3) is 0 Å². The smallest absolute Gasteiger partial charge is 0.0462 e. The molecule has 0 aliphatic heterocycles. The summed E-state index contributed by atoms with van der Waals surface area (Å²) >= 11 is 0. The van der Waals surface area contributed by atoms with Crippen molar-refractivity contribution in [2.75, 3.05) is 20.3 Å². The first-order chi connectivity index (χ1) is 6.93. The highest BCUT2D eigenvalue weighted by molar-refractivity contribution is 4.97. The average molecular weight is 197 g/mol. The van der Waals surface area contributed by atoms with Crippen molar-refractivity contribution < 1.29 is 4.74 Å². The van der Waals surface area contributed by atoms with Crippen molar-refractivity contribution in [1.82, 2.24) is 5.32 Å². The van der Waals surface area contributed by atoms with Gasteiger partial charge in [0.05, 0.1) is 0 Å². The summed E-state index contributed by atoms with van der Waals surface area (Å²) in [5.74, 6) is 0. The molecule has 2 nitrogen and oxygen atoms in total. The second kappa shape index (κ2) is 8.01. The highest BCUT2D eigenvalue weighted by Gasteiger charge is 2.05. The van der Waals surface area contributed by atoms with Gasteiger partial charge in [-0.15, -0.1) is 0 Å². The van der Waals surface area contributed by atoms with Gasteiger partial charge in [-0.25, -0.2) is 0 Å². The molecule has 14 heavy (non-hydrogen) atoms. The van der Waals surface area contributed by atoms with Gasteiger partial charge in [-0.05, 0) is 45.1 Å². The van der Waals surface area contributed by atoms with E-state index in [4.69, 9.17) is 4.74 Å². The predicted molar refractivity (Wildman–Crippen MR) is 60.5 cm³/mol. The number of nitrogens with one attached hydrogen (secondary N) is 1. The molecule has 0 heterocycles. The Bertz CT molecular complexity index is 156. The summed E-state index contributed by atoms with van der Waals surface area (Å²) in [5.41, 5.74) is 0. The van der Waals surface area contributed by atoms with E-state index >= 15 is 0 Å². The summed E-state index contributed by atoms with van der Waals surface area (Å²) in [7, 11) is 1.77. The third kappa shape index (κ3) is 5.40. The van der Waals surface area contributed by atoms with E-state index in [-0.39, 0.29) is 0 Å². The van der Waals surface area contributed by atoms with Gasteiger partial charge >= 0.3 is 0 Å². The molecule has 0 radical (unpaired) electrons. The van der Waals surface area contributed by atoms with Crippen LogP contribution in [0, 0.1) is 0 Å². The largest absolute Gasteiger partial charge is 0.385 e. The lowest BCUT2D eigenvalue weighted by Crippen LogP contribution is -2.29. The van der Waals surface area contributed by atoms with Crippen molar-refractivity contribution in [1.29, 1.82) is 0 Å². The van der Waals surface area contributed by atoms with Crippen LogP contribution in [0.15, 0.2) is 12.2 Å². The lowest BCUT2D eigenvalue weighted by molar-refractivity contribution is 0.192. The van der Waals surface area contributed by atoms with E-state index in [0.717, 1.165) is 13.2 Å². The molecule has 0 fully saturated rings. The Balaban J connectivity index is 1.88. The Morgan fingerprint density at radius 3 is 3.00 bits per heavy atom. The second-order valence-electron chi connectivity index (χ2n) is 3.97. The molecule has 0 spiro atoms. The number of methoxy groups -OCH3 is 1.